The molecule has 3 fully saturated rings. The molecule has 0 aromatic heterocycles. The maximum absolute atomic E-state index is 2.74. The molecule has 3 rings (SSSR count). The van der Waals surface area contributed by atoms with Crippen molar-refractivity contribution in [2.75, 3.05) is 52.9 Å². The van der Waals surface area contributed by atoms with Crippen molar-refractivity contribution in [1.82, 2.24) is 14.7 Å². The average Bonchev–Trinajstić information content (AvgIpc) is 3.15. The van der Waals surface area contributed by atoms with Crippen LogP contribution in [0.3, 0.4) is 0 Å². The quantitative estimate of drug-likeness (QED) is 0.728. The number of likely N-dealkylation sites (tertiary alicyclic amines) is 1. The van der Waals surface area contributed by atoms with Crippen LogP contribution in [0.1, 0.15) is 25.7 Å². The second kappa shape index (κ2) is 5.25. The highest BCUT2D eigenvalue weighted by Gasteiger charge is 2.29. The summed E-state index contributed by atoms with van der Waals surface area (Å²) in [6.45, 7) is 9.23. The van der Waals surface area contributed by atoms with Crippen LogP contribution in [0, 0.1) is 5.92 Å². The zero-order valence-corrected chi connectivity index (χ0v) is 11.3. The fourth-order valence-corrected chi connectivity index (χ4v) is 3.32. The van der Waals surface area contributed by atoms with E-state index in [1.165, 1.54) is 71.5 Å². The van der Waals surface area contributed by atoms with Gasteiger partial charge in [-0.3, -0.25) is 4.90 Å². The van der Waals surface area contributed by atoms with E-state index < -0.39 is 0 Å². The zero-order valence-electron chi connectivity index (χ0n) is 11.3. The summed E-state index contributed by atoms with van der Waals surface area (Å²) in [7, 11) is 2.25. The third-order valence-electron chi connectivity index (χ3n) is 4.82. The van der Waals surface area contributed by atoms with Crippen LogP contribution in [0.5, 0.6) is 0 Å². The molecule has 3 aliphatic rings. The normalized spacial score (nSPS) is 30.9. The van der Waals surface area contributed by atoms with E-state index in [1.807, 2.05) is 0 Å². The van der Waals surface area contributed by atoms with Crippen molar-refractivity contribution in [2.24, 2.45) is 5.92 Å². The Kier molecular flexibility index (Phi) is 3.69. The van der Waals surface area contributed by atoms with Crippen molar-refractivity contribution in [3.05, 3.63) is 0 Å². The Morgan fingerprint density at radius 2 is 1.47 bits per heavy atom. The number of likely N-dealkylation sites (N-methyl/N-ethyl adjacent to an activating group) is 1. The summed E-state index contributed by atoms with van der Waals surface area (Å²) in [5.74, 6) is 1.06. The molecule has 1 saturated carbocycles. The van der Waals surface area contributed by atoms with Crippen LogP contribution in [0.15, 0.2) is 0 Å². The van der Waals surface area contributed by atoms with Gasteiger partial charge in [0.05, 0.1) is 0 Å². The number of piperidine rings is 1. The van der Waals surface area contributed by atoms with Gasteiger partial charge in [0, 0.05) is 38.8 Å². The first kappa shape index (κ1) is 11.9. The minimum Gasteiger partial charge on any atom is -0.304 e. The monoisotopic (exact) mass is 237 g/mol. The molecule has 2 saturated heterocycles. The van der Waals surface area contributed by atoms with Gasteiger partial charge in [0.2, 0.25) is 0 Å². The highest BCUT2D eigenvalue weighted by molar-refractivity contribution is 4.85. The molecule has 3 nitrogen and oxygen atoms in total. The largest absolute Gasteiger partial charge is 0.304 e. The SMILES string of the molecule is CN1CCN(C2CCN(CC3CC3)CC2)CC1. The number of hydrogen-bond acceptors (Lipinski definition) is 3. The predicted octanol–water partition coefficient (Wildman–Crippen LogP) is 1.11. The van der Waals surface area contributed by atoms with Crippen LogP contribution in [0.2, 0.25) is 0 Å². The molecular formula is C14H27N3. The fourth-order valence-electron chi connectivity index (χ4n) is 3.32. The van der Waals surface area contributed by atoms with Gasteiger partial charge in [-0.25, -0.2) is 0 Å². The topological polar surface area (TPSA) is 9.72 Å². The molecule has 2 heterocycles. The molecule has 98 valence electrons. The summed E-state index contributed by atoms with van der Waals surface area (Å²) in [6.07, 6.45) is 5.82. The zero-order chi connectivity index (χ0) is 11.7. The smallest absolute Gasteiger partial charge is 0.0121 e. The first-order chi connectivity index (χ1) is 8.31. The van der Waals surface area contributed by atoms with Crippen LogP contribution in [-0.4, -0.2) is 73.6 Å². The second-order valence-corrected chi connectivity index (χ2v) is 6.31. The first-order valence-electron chi connectivity index (χ1n) is 7.46. The summed E-state index contributed by atoms with van der Waals surface area (Å²) >= 11 is 0. The van der Waals surface area contributed by atoms with Crippen LogP contribution in [0.4, 0.5) is 0 Å². The van der Waals surface area contributed by atoms with E-state index >= 15 is 0 Å². The van der Waals surface area contributed by atoms with Crippen LogP contribution >= 0.6 is 0 Å². The highest BCUT2D eigenvalue weighted by atomic mass is 15.3. The molecule has 0 unspecified atom stereocenters. The van der Waals surface area contributed by atoms with Gasteiger partial charge in [0.25, 0.3) is 0 Å². The standard InChI is InChI=1S/C14H27N3/c1-15-8-10-17(11-9-15)14-4-6-16(7-5-14)12-13-2-3-13/h13-14H,2-12H2,1H3. The summed E-state index contributed by atoms with van der Waals surface area (Å²) in [5, 5.41) is 0. The van der Waals surface area contributed by atoms with Crippen LogP contribution in [0.25, 0.3) is 0 Å². The van der Waals surface area contributed by atoms with Crippen molar-refractivity contribution in [2.45, 2.75) is 31.7 Å². The minimum absolute atomic E-state index is 0.888. The number of hydrogen-bond donors (Lipinski definition) is 0. The second-order valence-electron chi connectivity index (χ2n) is 6.31. The van der Waals surface area contributed by atoms with E-state index in [9.17, 15) is 0 Å². The summed E-state index contributed by atoms with van der Waals surface area (Å²) in [4.78, 5) is 7.91. The Labute approximate surface area is 106 Å². The lowest BCUT2D eigenvalue weighted by Crippen LogP contribution is -2.52. The molecule has 2 aliphatic heterocycles. The van der Waals surface area contributed by atoms with E-state index in [4.69, 9.17) is 0 Å². The van der Waals surface area contributed by atoms with Crippen molar-refractivity contribution >= 4 is 0 Å². The van der Waals surface area contributed by atoms with Crippen LogP contribution < -0.4 is 0 Å². The molecule has 0 bridgehead atoms. The predicted molar refractivity (Wildman–Crippen MR) is 71.3 cm³/mol. The Morgan fingerprint density at radius 3 is 2.06 bits per heavy atom. The maximum Gasteiger partial charge on any atom is 0.0121 e. The molecule has 0 amide bonds. The molecule has 0 spiro atoms. The van der Waals surface area contributed by atoms with E-state index in [1.54, 1.807) is 0 Å². The number of rotatable bonds is 3. The third kappa shape index (κ3) is 3.21. The maximum atomic E-state index is 2.74. The summed E-state index contributed by atoms with van der Waals surface area (Å²) in [6, 6.07) is 0.888. The Hall–Kier alpha value is -0.120. The molecule has 17 heavy (non-hydrogen) atoms. The molecule has 1 aliphatic carbocycles. The van der Waals surface area contributed by atoms with Gasteiger partial charge in [-0.1, -0.05) is 0 Å². The van der Waals surface area contributed by atoms with E-state index in [2.05, 4.69) is 21.7 Å². The van der Waals surface area contributed by atoms with E-state index in [0.717, 1.165) is 12.0 Å². The first-order valence-corrected chi connectivity index (χ1v) is 7.46. The molecule has 0 aromatic rings. The van der Waals surface area contributed by atoms with E-state index in [-0.39, 0.29) is 0 Å². The van der Waals surface area contributed by atoms with Crippen molar-refractivity contribution < 1.29 is 0 Å². The van der Waals surface area contributed by atoms with Gasteiger partial charge >= 0.3 is 0 Å². The highest BCUT2D eigenvalue weighted by Crippen LogP contribution is 2.31. The number of piperazine rings is 1. The number of nitrogens with zero attached hydrogens (tertiary/aromatic N) is 3. The van der Waals surface area contributed by atoms with Crippen LogP contribution in [-0.2, 0) is 0 Å². The fraction of sp³-hybridized carbons (Fsp3) is 1.00. The van der Waals surface area contributed by atoms with Gasteiger partial charge < -0.3 is 9.80 Å². The average molecular weight is 237 g/mol. The Balaban J connectivity index is 1.41. The molecule has 0 radical (unpaired) electrons. The third-order valence-corrected chi connectivity index (χ3v) is 4.82. The van der Waals surface area contributed by atoms with Gasteiger partial charge in [-0.15, -0.1) is 0 Å². The molecular weight excluding hydrogens is 210 g/mol. The Morgan fingerprint density at radius 1 is 0.824 bits per heavy atom. The summed E-state index contributed by atoms with van der Waals surface area (Å²) in [5.41, 5.74) is 0. The van der Waals surface area contributed by atoms with Crippen molar-refractivity contribution in [1.29, 1.82) is 0 Å². The molecule has 0 aromatic carbocycles. The van der Waals surface area contributed by atoms with E-state index in [0.29, 0.717) is 0 Å². The lowest BCUT2D eigenvalue weighted by atomic mass is 10.0. The van der Waals surface area contributed by atoms with Gasteiger partial charge in [-0.05, 0) is 51.7 Å². The minimum atomic E-state index is 0.888. The van der Waals surface area contributed by atoms with Gasteiger partial charge in [0.15, 0.2) is 0 Å². The van der Waals surface area contributed by atoms with Gasteiger partial charge in [-0.2, -0.15) is 0 Å². The lowest BCUT2D eigenvalue weighted by molar-refractivity contribution is 0.0666. The Bertz CT molecular complexity index is 236. The van der Waals surface area contributed by atoms with Crippen molar-refractivity contribution in [3.63, 3.8) is 0 Å². The lowest BCUT2D eigenvalue weighted by Gasteiger charge is -2.42. The van der Waals surface area contributed by atoms with Crippen molar-refractivity contribution in [3.8, 4) is 0 Å². The molecule has 0 N–H and O–H groups in total. The van der Waals surface area contributed by atoms with Gasteiger partial charge in [0.1, 0.15) is 0 Å². The summed E-state index contributed by atoms with van der Waals surface area (Å²) < 4.78 is 0. The molecule has 0 atom stereocenters. The molecule has 3 heteroatoms.